The molecule has 3 aromatic carbocycles. The first-order valence-corrected chi connectivity index (χ1v) is 11.1. The molecule has 0 saturated carbocycles. The van der Waals surface area contributed by atoms with Gasteiger partial charge in [0, 0.05) is 0 Å². The largest absolute Gasteiger partial charge is 0.459 e. The van der Waals surface area contributed by atoms with Crippen molar-refractivity contribution >= 4 is 17.9 Å². The Morgan fingerprint density at radius 2 is 0.944 bits per heavy atom. The number of benzene rings is 3. The molecule has 0 unspecified atom stereocenters. The van der Waals surface area contributed by atoms with Crippen LogP contribution < -0.4 is 0 Å². The highest BCUT2D eigenvalue weighted by molar-refractivity contribution is 5.90. The van der Waals surface area contributed by atoms with Crippen molar-refractivity contribution in [2.45, 2.75) is 24.4 Å². The van der Waals surface area contributed by atoms with Crippen LogP contribution >= 0.6 is 0 Å². The van der Waals surface area contributed by atoms with Gasteiger partial charge in [-0.2, -0.15) is 0 Å². The van der Waals surface area contributed by atoms with E-state index < -0.39 is 55.5 Å². The highest BCUT2D eigenvalue weighted by Gasteiger charge is 2.36. The molecule has 0 heterocycles. The number of aliphatic hydroxyl groups is 3. The van der Waals surface area contributed by atoms with Crippen molar-refractivity contribution in [3.63, 3.8) is 0 Å². The molecular weight excluding hydrogens is 468 g/mol. The van der Waals surface area contributed by atoms with Crippen molar-refractivity contribution in [2.75, 3.05) is 13.2 Å². The van der Waals surface area contributed by atoms with Gasteiger partial charge in [-0.3, -0.25) is 0 Å². The Morgan fingerprint density at radius 3 is 1.39 bits per heavy atom. The van der Waals surface area contributed by atoms with E-state index in [0.717, 1.165) is 0 Å². The van der Waals surface area contributed by atoms with E-state index in [0.29, 0.717) is 0 Å². The molecule has 0 aromatic heterocycles. The van der Waals surface area contributed by atoms with Crippen molar-refractivity contribution in [3.8, 4) is 0 Å². The Hall–Kier alpha value is -4.05. The van der Waals surface area contributed by atoms with Gasteiger partial charge >= 0.3 is 17.9 Å². The summed E-state index contributed by atoms with van der Waals surface area (Å²) in [5.74, 6) is -2.32. The van der Waals surface area contributed by atoms with E-state index >= 15 is 0 Å². The van der Waals surface area contributed by atoms with Crippen molar-refractivity contribution in [3.05, 3.63) is 108 Å². The van der Waals surface area contributed by atoms with Crippen LogP contribution in [0.5, 0.6) is 0 Å². The average Bonchev–Trinajstić information content (AvgIpc) is 2.94. The van der Waals surface area contributed by atoms with Crippen molar-refractivity contribution in [1.82, 2.24) is 0 Å². The molecule has 4 atom stereocenters. The van der Waals surface area contributed by atoms with Crippen LogP contribution in [0, 0.1) is 0 Å². The zero-order valence-corrected chi connectivity index (χ0v) is 19.2. The first kappa shape index (κ1) is 26.6. The molecule has 9 nitrogen and oxygen atoms in total. The van der Waals surface area contributed by atoms with E-state index in [1.165, 1.54) is 36.4 Å². The third-order valence-electron chi connectivity index (χ3n) is 5.18. The third kappa shape index (κ3) is 7.47. The number of carbonyl (C=O) groups excluding carboxylic acids is 3. The van der Waals surface area contributed by atoms with E-state index in [4.69, 9.17) is 14.2 Å². The zero-order valence-electron chi connectivity index (χ0n) is 19.2. The van der Waals surface area contributed by atoms with Gasteiger partial charge in [-0.1, -0.05) is 54.6 Å². The summed E-state index contributed by atoms with van der Waals surface area (Å²) in [5.41, 5.74) is 0.631. The van der Waals surface area contributed by atoms with Crippen LogP contribution in [0.1, 0.15) is 31.1 Å². The molecule has 0 spiro atoms. The molecule has 9 heteroatoms. The van der Waals surface area contributed by atoms with Gasteiger partial charge in [0.05, 0.1) is 16.7 Å². The molecule has 0 saturated heterocycles. The first-order valence-electron chi connectivity index (χ1n) is 11.1. The Morgan fingerprint density at radius 1 is 0.556 bits per heavy atom. The normalized spacial score (nSPS) is 14.1. The van der Waals surface area contributed by atoms with Crippen molar-refractivity contribution < 1.29 is 43.9 Å². The predicted octanol–water partition coefficient (Wildman–Crippen LogP) is 2.01. The van der Waals surface area contributed by atoms with E-state index in [1.54, 1.807) is 54.6 Å². The monoisotopic (exact) mass is 494 g/mol. The fourth-order valence-electron chi connectivity index (χ4n) is 3.16. The van der Waals surface area contributed by atoms with Gasteiger partial charge in [0.1, 0.15) is 31.5 Å². The number of esters is 3. The van der Waals surface area contributed by atoms with Gasteiger partial charge in [0.25, 0.3) is 0 Å². The van der Waals surface area contributed by atoms with E-state index in [2.05, 4.69) is 0 Å². The lowest BCUT2D eigenvalue weighted by atomic mass is 10.0. The van der Waals surface area contributed by atoms with Gasteiger partial charge in [-0.25, -0.2) is 14.4 Å². The quantitative estimate of drug-likeness (QED) is 0.270. The molecule has 0 aliphatic carbocycles. The number of ether oxygens (including phenoxy) is 3. The predicted molar refractivity (Wildman–Crippen MR) is 127 cm³/mol. The summed E-state index contributed by atoms with van der Waals surface area (Å²) in [6.45, 7) is -1.25. The van der Waals surface area contributed by atoms with Crippen molar-refractivity contribution in [1.29, 1.82) is 0 Å². The zero-order chi connectivity index (χ0) is 25.9. The molecule has 0 aliphatic heterocycles. The van der Waals surface area contributed by atoms with Crippen LogP contribution in [0.2, 0.25) is 0 Å². The van der Waals surface area contributed by atoms with Gasteiger partial charge in [0.2, 0.25) is 0 Å². The fraction of sp³-hybridized carbons (Fsp3) is 0.222. The van der Waals surface area contributed by atoms with Crippen LogP contribution in [0.25, 0.3) is 0 Å². The molecule has 0 bridgehead atoms. The molecule has 0 amide bonds. The van der Waals surface area contributed by atoms with E-state index in [1.807, 2.05) is 0 Å². The maximum absolute atomic E-state index is 12.6. The maximum Gasteiger partial charge on any atom is 0.338 e. The summed E-state index contributed by atoms with van der Waals surface area (Å²) in [6.07, 6.45) is -7.06. The fourth-order valence-corrected chi connectivity index (χ4v) is 3.16. The second-order valence-corrected chi connectivity index (χ2v) is 7.79. The lowest BCUT2D eigenvalue weighted by Gasteiger charge is -2.29. The Bertz CT molecular complexity index is 1120. The molecule has 0 aliphatic rings. The van der Waals surface area contributed by atoms with Crippen molar-refractivity contribution in [2.24, 2.45) is 0 Å². The Labute approximate surface area is 207 Å². The smallest absolute Gasteiger partial charge is 0.338 e. The van der Waals surface area contributed by atoms with E-state index in [-0.39, 0.29) is 16.7 Å². The van der Waals surface area contributed by atoms with Gasteiger partial charge in [0.15, 0.2) is 6.10 Å². The van der Waals surface area contributed by atoms with Crippen LogP contribution in [0.3, 0.4) is 0 Å². The molecule has 188 valence electrons. The summed E-state index contributed by atoms with van der Waals surface area (Å²) in [5, 5.41) is 31.5. The molecule has 3 aromatic rings. The van der Waals surface area contributed by atoms with E-state index in [9.17, 15) is 29.7 Å². The lowest BCUT2D eigenvalue weighted by Crippen LogP contribution is -2.49. The molecule has 0 radical (unpaired) electrons. The topological polar surface area (TPSA) is 140 Å². The average molecular weight is 494 g/mol. The van der Waals surface area contributed by atoms with Crippen LogP contribution in [0.15, 0.2) is 91.0 Å². The minimum atomic E-state index is -1.91. The highest BCUT2D eigenvalue weighted by Crippen LogP contribution is 2.14. The molecule has 3 N–H and O–H groups in total. The summed E-state index contributed by atoms with van der Waals surface area (Å²) < 4.78 is 15.5. The maximum atomic E-state index is 12.6. The van der Waals surface area contributed by atoms with Gasteiger partial charge < -0.3 is 29.5 Å². The molecular formula is C27H26O9. The summed E-state index contributed by atoms with van der Waals surface area (Å²) >= 11 is 0. The van der Waals surface area contributed by atoms with Gasteiger partial charge in [-0.15, -0.1) is 0 Å². The minimum Gasteiger partial charge on any atom is -0.459 e. The van der Waals surface area contributed by atoms with Crippen LogP contribution in [-0.4, -0.2) is 70.9 Å². The Kier molecular flexibility index (Phi) is 9.70. The lowest BCUT2D eigenvalue weighted by molar-refractivity contribution is -0.128. The highest BCUT2D eigenvalue weighted by atomic mass is 16.6. The number of carbonyl (C=O) groups is 3. The first-order chi connectivity index (χ1) is 17.4. The molecule has 3 rings (SSSR count). The number of aliphatic hydroxyl groups excluding tert-OH is 3. The summed E-state index contributed by atoms with van der Waals surface area (Å²) in [4.78, 5) is 37.0. The second-order valence-electron chi connectivity index (χ2n) is 7.79. The summed E-state index contributed by atoms with van der Waals surface area (Å²) in [7, 11) is 0. The minimum absolute atomic E-state index is 0.163. The third-order valence-corrected chi connectivity index (χ3v) is 5.18. The molecule has 0 fully saturated rings. The van der Waals surface area contributed by atoms with Gasteiger partial charge in [-0.05, 0) is 36.4 Å². The standard InChI is InChI=1S/C27H26O9/c28-21(16-34-25(31)18-10-4-1-5-11-18)23(29)24(30)22(36-27(33)20-14-8-3-9-15-20)17-35-26(32)19-12-6-2-7-13-19/h1-15,21-24,28-30H,16-17H2/t21-,22-,23-,24-/m1/s1. The van der Waals surface area contributed by atoms with Crippen LogP contribution in [0.4, 0.5) is 0 Å². The number of hydrogen-bond acceptors (Lipinski definition) is 9. The number of hydrogen-bond donors (Lipinski definition) is 3. The molecule has 36 heavy (non-hydrogen) atoms. The Balaban J connectivity index is 1.66. The summed E-state index contributed by atoms with van der Waals surface area (Å²) in [6, 6.07) is 23.9. The SMILES string of the molecule is O=C(OC[C@@H](O)[C@@H](O)[C@H](O)[C@@H](COC(=O)c1ccccc1)OC(=O)c1ccccc1)c1ccccc1. The van der Waals surface area contributed by atoms with Crippen LogP contribution in [-0.2, 0) is 14.2 Å². The second kappa shape index (κ2) is 13.1. The number of rotatable bonds is 11.